The Bertz CT molecular complexity index is 451. The third-order valence-electron chi connectivity index (χ3n) is 2.39. The van der Waals surface area contributed by atoms with E-state index in [0.717, 1.165) is 28.8 Å². The molecule has 1 fully saturated rings. The van der Waals surface area contributed by atoms with Crippen molar-refractivity contribution in [2.24, 2.45) is 0 Å². The molecule has 0 N–H and O–H groups in total. The van der Waals surface area contributed by atoms with Crippen molar-refractivity contribution in [1.29, 1.82) is 5.26 Å². The van der Waals surface area contributed by atoms with Gasteiger partial charge >= 0.3 is 0 Å². The zero-order valence-electron chi connectivity index (χ0n) is 9.01. The van der Waals surface area contributed by atoms with Gasteiger partial charge in [0.25, 0.3) is 0 Å². The molecule has 1 aliphatic rings. The first kappa shape index (κ1) is 10.9. The molecule has 0 radical (unpaired) electrons. The maximum atomic E-state index is 8.72. The molecule has 1 heterocycles. The number of anilines is 1. The summed E-state index contributed by atoms with van der Waals surface area (Å²) in [5.41, 5.74) is 1.02. The average Bonchev–Trinajstić information content (AvgIpc) is 2.77. The average molecular weight is 232 g/mol. The lowest BCUT2D eigenvalue weighted by molar-refractivity contribution is 0.415. The first-order valence-corrected chi connectivity index (χ1v) is 5.98. The van der Waals surface area contributed by atoms with Crippen molar-refractivity contribution in [3.05, 3.63) is 35.4 Å². The molecule has 0 bridgehead atoms. The highest BCUT2D eigenvalue weighted by Crippen LogP contribution is 2.37. The Balaban J connectivity index is 2.37. The Morgan fingerprint density at radius 1 is 1.50 bits per heavy atom. The number of hydrogen-bond donors (Lipinski definition) is 0. The Kier molecular flexibility index (Phi) is 3.37. The fourth-order valence-electron chi connectivity index (χ4n) is 1.70. The van der Waals surface area contributed by atoms with E-state index in [2.05, 4.69) is 11.0 Å². The lowest BCUT2D eigenvalue weighted by Gasteiger charge is -2.20. The van der Waals surface area contributed by atoms with Crippen LogP contribution in [0.3, 0.4) is 0 Å². The van der Waals surface area contributed by atoms with Crippen LogP contribution in [0.15, 0.2) is 35.4 Å². The number of allylic oxidation sites excluding steroid dienone is 1. The molecule has 0 spiro atoms. The topological polar surface area (TPSA) is 36.3 Å². The van der Waals surface area contributed by atoms with Gasteiger partial charge in [0.2, 0.25) is 0 Å². The van der Waals surface area contributed by atoms with Gasteiger partial charge < -0.3 is 9.64 Å². The predicted molar refractivity (Wildman–Crippen MR) is 66.5 cm³/mol. The summed E-state index contributed by atoms with van der Waals surface area (Å²) in [5, 5.41) is 9.71. The highest BCUT2D eigenvalue weighted by atomic mass is 32.2. The molecule has 0 saturated carbocycles. The molecule has 0 amide bonds. The lowest BCUT2D eigenvalue weighted by Crippen LogP contribution is -2.17. The minimum Gasteiger partial charge on any atom is -0.495 e. The highest BCUT2D eigenvalue weighted by Gasteiger charge is 2.21. The predicted octanol–water partition coefficient (Wildman–Crippen LogP) is 2.61. The standard InChI is InChI=1S/C12H12N2OS/c1-15-11-5-3-2-4-10(11)14-8-9-16-12(14)6-7-13/h2-6H,8-9H2,1H3/b12-6+. The van der Waals surface area contributed by atoms with Gasteiger partial charge in [-0.05, 0) is 12.1 Å². The summed E-state index contributed by atoms with van der Waals surface area (Å²) in [6.45, 7) is 0.915. The van der Waals surface area contributed by atoms with Gasteiger partial charge in [-0.3, -0.25) is 0 Å². The van der Waals surface area contributed by atoms with E-state index < -0.39 is 0 Å². The molecule has 4 heteroatoms. The third kappa shape index (κ3) is 2.00. The summed E-state index contributed by atoms with van der Waals surface area (Å²) in [6.07, 6.45) is 1.59. The highest BCUT2D eigenvalue weighted by molar-refractivity contribution is 8.03. The van der Waals surface area contributed by atoms with E-state index in [-0.39, 0.29) is 0 Å². The van der Waals surface area contributed by atoms with Crippen LogP contribution in [0.25, 0.3) is 0 Å². The van der Waals surface area contributed by atoms with Crippen molar-refractivity contribution in [3.63, 3.8) is 0 Å². The molecule has 0 aliphatic carbocycles. The van der Waals surface area contributed by atoms with Crippen LogP contribution < -0.4 is 9.64 Å². The molecular formula is C12H12N2OS. The van der Waals surface area contributed by atoms with E-state index in [1.54, 1.807) is 24.9 Å². The van der Waals surface area contributed by atoms with E-state index in [0.29, 0.717) is 0 Å². The second kappa shape index (κ2) is 4.95. The van der Waals surface area contributed by atoms with Crippen LogP contribution in [-0.4, -0.2) is 19.4 Å². The molecule has 1 aromatic rings. The van der Waals surface area contributed by atoms with E-state index in [9.17, 15) is 0 Å². The second-order valence-electron chi connectivity index (χ2n) is 3.28. The maximum Gasteiger partial charge on any atom is 0.142 e. The number of thioether (sulfide) groups is 1. The van der Waals surface area contributed by atoms with E-state index in [1.807, 2.05) is 24.3 Å². The number of methoxy groups -OCH3 is 1. The maximum absolute atomic E-state index is 8.72. The Hall–Kier alpha value is -1.60. The molecule has 16 heavy (non-hydrogen) atoms. The summed E-state index contributed by atoms with van der Waals surface area (Å²) in [5.74, 6) is 1.85. The second-order valence-corrected chi connectivity index (χ2v) is 4.40. The van der Waals surface area contributed by atoms with Gasteiger partial charge in [-0.25, -0.2) is 0 Å². The zero-order chi connectivity index (χ0) is 11.4. The molecule has 0 aromatic heterocycles. The van der Waals surface area contributed by atoms with Crippen LogP contribution in [0.1, 0.15) is 0 Å². The first-order valence-electron chi connectivity index (χ1n) is 5.00. The number of nitrogens with zero attached hydrogens (tertiary/aromatic N) is 2. The molecule has 1 aromatic carbocycles. The first-order chi connectivity index (χ1) is 7.86. The van der Waals surface area contributed by atoms with Gasteiger partial charge in [0, 0.05) is 18.4 Å². The van der Waals surface area contributed by atoms with Crippen molar-refractivity contribution in [1.82, 2.24) is 0 Å². The van der Waals surface area contributed by atoms with Crippen LogP contribution >= 0.6 is 11.8 Å². The van der Waals surface area contributed by atoms with Crippen LogP contribution in [-0.2, 0) is 0 Å². The number of benzene rings is 1. The Morgan fingerprint density at radius 3 is 3.06 bits per heavy atom. The van der Waals surface area contributed by atoms with Gasteiger partial charge in [0.05, 0.1) is 23.9 Å². The summed E-state index contributed by atoms with van der Waals surface area (Å²) >= 11 is 1.70. The summed E-state index contributed by atoms with van der Waals surface area (Å²) in [7, 11) is 1.66. The normalized spacial score (nSPS) is 17.5. The fraction of sp³-hybridized carbons (Fsp3) is 0.250. The Labute approximate surface area is 99.3 Å². The van der Waals surface area contributed by atoms with Gasteiger partial charge in [-0.15, -0.1) is 11.8 Å². The summed E-state index contributed by atoms with van der Waals surface area (Å²) in [6, 6.07) is 9.94. The van der Waals surface area contributed by atoms with Crippen molar-refractivity contribution in [2.45, 2.75) is 0 Å². The molecule has 2 rings (SSSR count). The van der Waals surface area contributed by atoms with Crippen LogP contribution in [0.5, 0.6) is 5.75 Å². The van der Waals surface area contributed by atoms with Crippen molar-refractivity contribution in [3.8, 4) is 11.8 Å². The number of hydrogen-bond acceptors (Lipinski definition) is 4. The molecule has 0 unspecified atom stereocenters. The summed E-state index contributed by atoms with van der Waals surface area (Å²) < 4.78 is 5.32. The monoisotopic (exact) mass is 232 g/mol. The quantitative estimate of drug-likeness (QED) is 0.734. The molecule has 1 aliphatic heterocycles. The number of ether oxygens (including phenoxy) is 1. The van der Waals surface area contributed by atoms with Crippen molar-refractivity contribution >= 4 is 17.4 Å². The van der Waals surface area contributed by atoms with Gasteiger partial charge in [0.15, 0.2) is 0 Å². The van der Waals surface area contributed by atoms with Crippen LogP contribution in [0.2, 0.25) is 0 Å². The van der Waals surface area contributed by atoms with E-state index in [4.69, 9.17) is 10.00 Å². The van der Waals surface area contributed by atoms with Crippen molar-refractivity contribution < 1.29 is 4.74 Å². The van der Waals surface area contributed by atoms with Crippen molar-refractivity contribution in [2.75, 3.05) is 24.3 Å². The molecule has 82 valence electrons. The summed E-state index contributed by atoms with van der Waals surface area (Å²) in [4.78, 5) is 2.12. The molecule has 0 atom stereocenters. The van der Waals surface area contributed by atoms with Crippen LogP contribution in [0, 0.1) is 11.3 Å². The molecular weight excluding hydrogens is 220 g/mol. The number of nitriles is 1. The van der Waals surface area contributed by atoms with Gasteiger partial charge in [0.1, 0.15) is 5.75 Å². The van der Waals surface area contributed by atoms with E-state index in [1.165, 1.54) is 0 Å². The largest absolute Gasteiger partial charge is 0.495 e. The third-order valence-corrected chi connectivity index (χ3v) is 3.42. The molecule has 1 saturated heterocycles. The minimum atomic E-state index is 0.842. The SMILES string of the molecule is COc1ccccc1N1CCS/C1=C/C#N. The zero-order valence-corrected chi connectivity index (χ0v) is 9.83. The number of rotatable bonds is 2. The minimum absolute atomic E-state index is 0.842. The lowest BCUT2D eigenvalue weighted by atomic mass is 10.2. The molecule has 3 nitrogen and oxygen atoms in total. The van der Waals surface area contributed by atoms with Crippen LogP contribution in [0.4, 0.5) is 5.69 Å². The smallest absolute Gasteiger partial charge is 0.142 e. The van der Waals surface area contributed by atoms with Gasteiger partial charge in [-0.1, -0.05) is 12.1 Å². The Morgan fingerprint density at radius 2 is 2.31 bits per heavy atom. The van der Waals surface area contributed by atoms with Gasteiger partial charge in [-0.2, -0.15) is 5.26 Å². The number of para-hydroxylation sites is 2. The van der Waals surface area contributed by atoms with E-state index >= 15 is 0 Å². The fourth-order valence-corrected chi connectivity index (χ4v) is 2.66.